The fraction of sp³-hybridized carbons (Fsp3) is 0.571. The Labute approximate surface area is 157 Å². The molecule has 4 aliphatic rings. The maximum absolute atomic E-state index is 11.8. The van der Waals surface area contributed by atoms with Crippen molar-refractivity contribution in [3.63, 3.8) is 0 Å². The van der Waals surface area contributed by atoms with Crippen molar-refractivity contribution in [3.8, 4) is 9.85 Å². The summed E-state index contributed by atoms with van der Waals surface area (Å²) < 4.78 is 2.93. The fourth-order valence-corrected chi connectivity index (χ4v) is 6.40. The van der Waals surface area contributed by atoms with Crippen molar-refractivity contribution in [1.82, 2.24) is 0 Å². The third-order valence-corrected chi connectivity index (χ3v) is 7.79. The number of allylic oxidation sites excluding steroid dienone is 6. The fourth-order valence-electron chi connectivity index (χ4n) is 5.95. The number of carbonyl (C=O) groups excluding carboxylic acids is 1. The molecule has 4 aliphatic carbocycles. The van der Waals surface area contributed by atoms with E-state index >= 15 is 0 Å². The highest BCUT2D eigenvalue weighted by molar-refractivity contribution is 14.1. The van der Waals surface area contributed by atoms with Crippen LogP contribution in [-0.4, -0.2) is 16.5 Å². The van der Waals surface area contributed by atoms with Crippen molar-refractivity contribution in [1.29, 1.82) is 0 Å². The minimum Gasteiger partial charge on any atom is -0.377 e. The lowest BCUT2D eigenvalue weighted by Crippen LogP contribution is -2.52. The molecule has 0 spiro atoms. The standard InChI is InChI=1S/C21H23IO2/c1-19-8-5-15(23)13-14(19)3-4-16-17(19)6-9-20(2)18(16)7-10-21(20,24)11-12-22/h3-5,8,13,16-18,24H,6-7,9-10H2,1-2H3/t16-,17+,18+,19+,20+,21-/m1/s1. The van der Waals surface area contributed by atoms with Crippen molar-refractivity contribution in [2.45, 2.75) is 45.1 Å². The Kier molecular flexibility index (Phi) is 3.68. The maximum atomic E-state index is 11.8. The van der Waals surface area contributed by atoms with E-state index < -0.39 is 5.60 Å². The van der Waals surface area contributed by atoms with Gasteiger partial charge in [0.15, 0.2) is 5.78 Å². The van der Waals surface area contributed by atoms with E-state index in [1.54, 1.807) is 12.2 Å². The second kappa shape index (κ2) is 5.32. The molecule has 126 valence electrons. The molecule has 1 N–H and O–H groups in total. The van der Waals surface area contributed by atoms with Gasteiger partial charge in [-0.2, -0.15) is 0 Å². The van der Waals surface area contributed by atoms with Crippen LogP contribution in [0.15, 0.2) is 36.0 Å². The Bertz CT molecular complexity index is 752. The topological polar surface area (TPSA) is 37.3 Å². The van der Waals surface area contributed by atoms with Crippen molar-refractivity contribution in [2.75, 3.05) is 0 Å². The van der Waals surface area contributed by atoms with E-state index in [0.29, 0.717) is 17.8 Å². The number of carbonyl (C=O) groups is 1. The molecular formula is C21H23IO2. The molecule has 0 aromatic rings. The Balaban J connectivity index is 1.76. The van der Waals surface area contributed by atoms with Gasteiger partial charge in [-0.1, -0.05) is 38.0 Å². The third kappa shape index (κ3) is 2.02. The first kappa shape index (κ1) is 16.6. The molecule has 2 nitrogen and oxygen atoms in total. The molecule has 0 aromatic carbocycles. The second-order valence-electron chi connectivity index (χ2n) is 8.34. The van der Waals surface area contributed by atoms with Gasteiger partial charge >= 0.3 is 0 Å². The highest BCUT2D eigenvalue weighted by Crippen LogP contribution is 2.65. The predicted molar refractivity (Wildman–Crippen MR) is 103 cm³/mol. The smallest absolute Gasteiger partial charge is 0.178 e. The highest BCUT2D eigenvalue weighted by atomic mass is 127. The lowest BCUT2D eigenvalue weighted by molar-refractivity contribution is -0.110. The van der Waals surface area contributed by atoms with Crippen molar-refractivity contribution >= 4 is 28.4 Å². The van der Waals surface area contributed by atoms with Crippen LogP contribution in [-0.2, 0) is 4.79 Å². The Morgan fingerprint density at radius 3 is 2.71 bits per heavy atom. The van der Waals surface area contributed by atoms with E-state index in [0.717, 1.165) is 31.3 Å². The molecule has 6 atom stereocenters. The summed E-state index contributed by atoms with van der Waals surface area (Å²) in [6.45, 7) is 4.51. The SMILES string of the molecule is C[C@]12C=CC(=O)C=C1C=C[C@@H]1[C@@H]2CC[C@@]2(C)[C@H]1CC[C@@]2(O)C#CI. The number of halogens is 1. The molecule has 0 saturated heterocycles. The number of ketones is 1. The summed E-state index contributed by atoms with van der Waals surface area (Å²) in [6, 6.07) is 0. The molecule has 0 aliphatic heterocycles. The number of hydrogen-bond acceptors (Lipinski definition) is 2. The van der Waals surface area contributed by atoms with Crippen LogP contribution in [0, 0.1) is 38.4 Å². The van der Waals surface area contributed by atoms with Gasteiger partial charge in [-0.25, -0.2) is 0 Å². The van der Waals surface area contributed by atoms with Crippen LogP contribution in [0.3, 0.4) is 0 Å². The zero-order valence-corrected chi connectivity index (χ0v) is 16.3. The summed E-state index contributed by atoms with van der Waals surface area (Å²) in [5.41, 5.74) is 0.111. The Morgan fingerprint density at radius 2 is 1.96 bits per heavy atom. The van der Waals surface area contributed by atoms with Crippen LogP contribution in [0.25, 0.3) is 0 Å². The minimum absolute atomic E-state index is 0.0513. The van der Waals surface area contributed by atoms with Crippen LogP contribution >= 0.6 is 22.6 Å². The Hall–Kier alpha value is -0.860. The molecular weight excluding hydrogens is 411 g/mol. The average Bonchev–Trinajstić information content (AvgIpc) is 2.80. The van der Waals surface area contributed by atoms with Crippen LogP contribution < -0.4 is 0 Å². The zero-order valence-electron chi connectivity index (χ0n) is 14.2. The minimum atomic E-state index is -0.854. The quantitative estimate of drug-likeness (QED) is 0.459. The van der Waals surface area contributed by atoms with Gasteiger partial charge in [0.2, 0.25) is 0 Å². The zero-order chi connectivity index (χ0) is 17.2. The van der Waals surface area contributed by atoms with Gasteiger partial charge in [0.25, 0.3) is 0 Å². The van der Waals surface area contributed by atoms with Crippen LogP contribution in [0.4, 0.5) is 0 Å². The van der Waals surface area contributed by atoms with Crippen molar-refractivity contribution < 1.29 is 9.90 Å². The first-order valence-electron chi connectivity index (χ1n) is 8.83. The molecule has 0 amide bonds. The van der Waals surface area contributed by atoms with Gasteiger partial charge in [0, 0.05) is 33.4 Å². The molecule has 0 heterocycles. The molecule has 0 aromatic heterocycles. The monoisotopic (exact) mass is 434 g/mol. The lowest BCUT2D eigenvalue weighted by Gasteiger charge is -2.55. The number of aliphatic hydroxyl groups is 1. The van der Waals surface area contributed by atoms with Gasteiger partial charge in [0.05, 0.1) is 0 Å². The van der Waals surface area contributed by atoms with Gasteiger partial charge in [-0.05, 0) is 65.1 Å². The summed E-state index contributed by atoms with van der Waals surface area (Å²) in [4.78, 5) is 11.8. The second-order valence-corrected chi connectivity index (χ2v) is 8.88. The molecule has 24 heavy (non-hydrogen) atoms. The largest absolute Gasteiger partial charge is 0.377 e. The predicted octanol–water partition coefficient (Wildman–Crippen LogP) is 4.20. The van der Waals surface area contributed by atoms with Gasteiger partial charge in [0.1, 0.15) is 5.60 Å². The average molecular weight is 434 g/mol. The van der Waals surface area contributed by atoms with E-state index in [4.69, 9.17) is 0 Å². The first-order chi connectivity index (χ1) is 11.3. The summed E-state index contributed by atoms with van der Waals surface area (Å²) in [5, 5.41) is 11.2. The maximum Gasteiger partial charge on any atom is 0.178 e. The third-order valence-electron chi connectivity index (χ3n) is 7.52. The van der Waals surface area contributed by atoms with Crippen LogP contribution in [0.5, 0.6) is 0 Å². The summed E-state index contributed by atoms with van der Waals surface area (Å²) in [7, 11) is 0. The van der Waals surface area contributed by atoms with Gasteiger partial charge in [-0.3, -0.25) is 4.79 Å². The number of fused-ring (bicyclic) bond motifs is 5. The summed E-state index contributed by atoms with van der Waals surface area (Å²) in [6.07, 6.45) is 14.0. The Morgan fingerprint density at radius 1 is 1.21 bits per heavy atom. The lowest BCUT2D eigenvalue weighted by atomic mass is 9.49. The van der Waals surface area contributed by atoms with Crippen molar-refractivity contribution in [3.05, 3.63) is 36.0 Å². The molecule has 0 radical (unpaired) electrons. The highest BCUT2D eigenvalue weighted by Gasteiger charge is 2.62. The van der Waals surface area contributed by atoms with Crippen molar-refractivity contribution in [2.24, 2.45) is 28.6 Å². The first-order valence-corrected chi connectivity index (χ1v) is 9.91. The molecule has 0 bridgehead atoms. The molecule has 2 fully saturated rings. The van der Waals surface area contributed by atoms with Crippen LogP contribution in [0.1, 0.15) is 39.5 Å². The summed E-state index contributed by atoms with van der Waals surface area (Å²) >= 11 is 2.04. The number of hydrogen-bond donors (Lipinski definition) is 1. The van der Waals surface area contributed by atoms with E-state index in [9.17, 15) is 9.90 Å². The van der Waals surface area contributed by atoms with Gasteiger partial charge < -0.3 is 5.11 Å². The molecule has 3 heteroatoms. The molecule has 2 saturated carbocycles. The van der Waals surface area contributed by atoms with Crippen LogP contribution in [0.2, 0.25) is 0 Å². The molecule has 0 unspecified atom stereocenters. The van der Waals surface area contributed by atoms with E-state index in [2.05, 4.69) is 41.9 Å². The van der Waals surface area contributed by atoms with Gasteiger partial charge in [-0.15, -0.1) is 0 Å². The number of rotatable bonds is 0. The van der Waals surface area contributed by atoms with E-state index in [-0.39, 0.29) is 16.6 Å². The van der Waals surface area contributed by atoms with E-state index in [1.807, 2.05) is 22.6 Å². The summed E-state index contributed by atoms with van der Waals surface area (Å²) in [5.74, 6) is 4.64. The normalized spacial score (nSPS) is 48.8. The van der Waals surface area contributed by atoms with E-state index in [1.165, 1.54) is 0 Å². The molecule has 4 rings (SSSR count).